The number of amides is 1. The lowest BCUT2D eigenvalue weighted by Crippen LogP contribution is -2.23. The van der Waals surface area contributed by atoms with Crippen LogP contribution in [0.5, 0.6) is 11.5 Å². The molecule has 3 aromatic rings. The summed E-state index contributed by atoms with van der Waals surface area (Å²) >= 11 is 1.57. The van der Waals surface area contributed by atoms with E-state index < -0.39 is 18.9 Å². The average molecular weight is 503 g/mol. The second-order valence-corrected chi connectivity index (χ2v) is 8.82. The highest BCUT2D eigenvalue weighted by Crippen LogP contribution is 2.35. The van der Waals surface area contributed by atoms with Crippen molar-refractivity contribution < 1.29 is 37.3 Å². The Hall–Kier alpha value is -3.66. The predicted octanol–water partition coefficient (Wildman–Crippen LogP) is 5.81. The van der Waals surface area contributed by atoms with Crippen LogP contribution in [0.1, 0.15) is 27.0 Å². The molecule has 0 fully saturated rings. The van der Waals surface area contributed by atoms with Gasteiger partial charge in [0.1, 0.15) is 11.5 Å². The fourth-order valence-electron chi connectivity index (χ4n) is 3.74. The highest BCUT2D eigenvalue weighted by atomic mass is 32.2. The summed E-state index contributed by atoms with van der Waals surface area (Å²) in [6.45, 7) is 1.74. The van der Waals surface area contributed by atoms with Crippen LogP contribution in [-0.4, -0.2) is 30.0 Å². The zero-order valence-electron chi connectivity index (χ0n) is 18.5. The van der Waals surface area contributed by atoms with E-state index in [2.05, 4.69) is 4.74 Å². The minimum atomic E-state index is -4.78. The summed E-state index contributed by atoms with van der Waals surface area (Å²) in [4.78, 5) is 26.2. The number of carboxylic acids is 1. The van der Waals surface area contributed by atoms with Gasteiger partial charge in [-0.1, -0.05) is 12.1 Å². The van der Waals surface area contributed by atoms with Crippen molar-refractivity contribution in [1.29, 1.82) is 0 Å². The van der Waals surface area contributed by atoms with Crippen LogP contribution in [0.4, 0.5) is 18.9 Å². The molecule has 0 saturated heterocycles. The number of carbonyl (C=O) groups excluding carboxylic acids is 1. The minimum Gasteiger partial charge on any atom is -0.482 e. The number of hydrogen-bond acceptors (Lipinski definition) is 5. The molecule has 3 aromatic carbocycles. The largest absolute Gasteiger partial charge is 0.573 e. The molecule has 0 atom stereocenters. The Balaban J connectivity index is 1.46. The van der Waals surface area contributed by atoms with Crippen LogP contribution in [0.3, 0.4) is 0 Å². The highest BCUT2D eigenvalue weighted by Gasteiger charge is 2.32. The number of hydrogen-bond donors (Lipinski definition) is 1. The van der Waals surface area contributed by atoms with Crippen molar-refractivity contribution in [1.82, 2.24) is 0 Å². The third-order valence-corrected chi connectivity index (χ3v) is 6.38. The molecule has 1 amide bonds. The molecular weight excluding hydrogens is 483 g/mol. The Kier molecular flexibility index (Phi) is 6.93. The van der Waals surface area contributed by atoms with Crippen LogP contribution in [0.25, 0.3) is 0 Å². The van der Waals surface area contributed by atoms with E-state index >= 15 is 0 Å². The van der Waals surface area contributed by atoms with Crippen LogP contribution in [0, 0.1) is 6.92 Å². The smallest absolute Gasteiger partial charge is 0.482 e. The molecule has 35 heavy (non-hydrogen) atoms. The van der Waals surface area contributed by atoms with Crippen LogP contribution < -0.4 is 14.4 Å². The molecule has 0 saturated carbocycles. The normalized spacial score (nSPS) is 13.0. The first-order chi connectivity index (χ1) is 16.6. The van der Waals surface area contributed by atoms with Gasteiger partial charge >= 0.3 is 12.3 Å². The number of halogens is 3. The minimum absolute atomic E-state index is 0.216. The lowest BCUT2D eigenvalue weighted by molar-refractivity contribution is -0.274. The number of rotatable bonds is 8. The summed E-state index contributed by atoms with van der Waals surface area (Å²) in [5, 5.41) is 8.77. The van der Waals surface area contributed by atoms with E-state index in [0.717, 1.165) is 21.6 Å². The maximum absolute atomic E-state index is 13.0. The number of carboxylic acid groups (broad SMARTS) is 1. The number of alkyl halides is 3. The standard InChI is InChI=1S/C25H20F3NO5S/c1-15-11-19(9-10-22(15)33-13-23(30)31)35-14-16-3-2-4-20-21(16)12-29(24(20)32)17-5-7-18(8-6-17)34-25(26,27)28/h2-11H,12-14H2,1H3,(H,30,31). The van der Waals surface area contributed by atoms with E-state index in [9.17, 15) is 22.8 Å². The summed E-state index contributed by atoms with van der Waals surface area (Å²) in [5.74, 6) is -0.512. The zero-order valence-corrected chi connectivity index (χ0v) is 19.3. The van der Waals surface area contributed by atoms with Crippen molar-refractivity contribution in [2.24, 2.45) is 0 Å². The molecule has 182 valence electrons. The number of aliphatic carboxylic acids is 1. The molecule has 0 unspecified atom stereocenters. The van der Waals surface area contributed by atoms with E-state index in [1.54, 1.807) is 23.9 Å². The van der Waals surface area contributed by atoms with Gasteiger partial charge in [0.15, 0.2) is 6.61 Å². The van der Waals surface area contributed by atoms with Crippen LogP contribution in [0.15, 0.2) is 65.6 Å². The van der Waals surface area contributed by atoms with E-state index in [0.29, 0.717) is 29.3 Å². The van der Waals surface area contributed by atoms with Crippen LogP contribution >= 0.6 is 11.8 Å². The molecule has 1 heterocycles. The second kappa shape index (κ2) is 9.91. The topological polar surface area (TPSA) is 76.1 Å². The summed E-state index contributed by atoms with van der Waals surface area (Å²) in [7, 11) is 0. The van der Waals surface area contributed by atoms with Crippen molar-refractivity contribution in [3.8, 4) is 11.5 Å². The number of aryl methyl sites for hydroxylation is 1. The monoisotopic (exact) mass is 503 g/mol. The predicted molar refractivity (Wildman–Crippen MR) is 124 cm³/mol. The zero-order chi connectivity index (χ0) is 25.2. The number of ether oxygens (including phenoxy) is 2. The quantitative estimate of drug-likeness (QED) is 0.391. The van der Waals surface area contributed by atoms with E-state index in [4.69, 9.17) is 9.84 Å². The van der Waals surface area contributed by atoms with Gasteiger partial charge in [-0.05, 0) is 72.1 Å². The highest BCUT2D eigenvalue weighted by molar-refractivity contribution is 7.98. The number of benzene rings is 3. The van der Waals surface area contributed by atoms with Gasteiger partial charge in [-0.15, -0.1) is 24.9 Å². The number of carbonyl (C=O) groups is 2. The number of thioether (sulfide) groups is 1. The van der Waals surface area contributed by atoms with Gasteiger partial charge in [0.05, 0.1) is 6.54 Å². The van der Waals surface area contributed by atoms with Gasteiger partial charge < -0.3 is 19.5 Å². The van der Waals surface area contributed by atoms with Crippen LogP contribution in [-0.2, 0) is 17.1 Å². The second-order valence-electron chi connectivity index (χ2n) is 7.77. The first-order valence-electron chi connectivity index (χ1n) is 10.5. The number of nitrogens with zero attached hydrogens (tertiary/aromatic N) is 1. The molecule has 0 radical (unpaired) electrons. The van der Waals surface area contributed by atoms with Gasteiger partial charge in [0.25, 0.3) is 5.91 Å². The first kappa shape index (κ1) is 24.5. The molecule has 0 spiro atoms. The lowest BCUT2D eigenvalue weighted by atomic mass is 10.0. The molecule has 4 rings (SSSR count). The van der Waals surface area contributed by atoms with Crippen molar-refractivity contribution in [3.05, 3.63) is 82.9 Å². The summed E-state index contributed by atoms with van der Waals surface area (Å²) in [5.41, 5.74) is 3.70. The Morgan fingerprint density at radius 2 is 1.86 bits per heavy atom. The SMILES string of the molecule is Cc1cc(SCc2cccc3c2CN(c2ccc(OC(F)(F)F)cc2)C3=O)ccc1OCC(=O)O. The fourth-order valence-corrected chi connectivity index (χ4v) is 4.76. The fraction of sp³-hybridized carbons (Fsp3) is 0.200. The molecule has 1 aliphatic rings. The van der Waals surface area contributed by atoms with Gasteiger partial charge in [-0.2, -0.15) is 0 Å². The Morgan fingerprint density at radius 1 is 1.11 bits per heavy atom. The van der Waals surface area contributed by atoms with Crippen molar-refractivity contribution in [2.45, 2.75) is 30.5 Å². The summed E-state index contributed by atoms with van der Waals surface area (Å²) < 4.78 is 46.4. The lowest BCUT2D eigenvalue weighted by Gasteiger charge is -2.17. The molecule has 6 nitrogen and oxygen atoms in total. The van der Waals surface area contributed by atoms with Crippen molar-refractivity contribution in [3.63, 3.8) is 0 Å². The van der Waals surface area contributed by atoms with Gasteiger partial charge in [-0.3, -0.25) is 4.79 Å². The summed E-state index contributed by atoms with van der Waals surface area (Å²) in [6, 6.07) is 16.2. The van der Waals surface area contributed by atoms with E-state index in [1.807, 2.05) is 31.2 Å². The van der Waals surface area contributed by atoms with Crippen molar-refractivity contribution >= 4 is 29.3 Å². The molecular formula is C25H20F3NO5S. The molecule has 10 heteroatoms. The van der Waals surface area contributed by atoms with Gasteiger partial charge in [0.2, 0.25) is 0 Å². The molecule has 1 N–H and O–H groups in total. The maximum Gasteiger partial charge on any atom is 0.573 e. The average Bonchev–Trinajstić information content (AvgIpc) is 3.13. The third-order valence-electron chi connectivity index (χ3n) is 5.34. The summed E-state index contributed by atoms with van der Waals surface area (Å²) in [6.07, 6.45) is -4.78. The van der Waals surface area contributed by atoms with Gasteiger partial charge in [0, 0.05) is 21.9 Å². The third kappa shape index (κ3) is 5.89. The molecule has 0 bridgehead atoms. The molecule has 1 aliphatic heterocycles. The molecule has 0 aliphatic carbocycles. The number of fused-ring (bicyclic) bond motifs is 1. The van der Waals surface area contributed by atoms with Crippen LogP contribution in [0.2, 0.25) is 0 Å². The Morgan fingerprint density at radius 3 is 2.51 bits per heavy atom. The van der Waals surface area contributed by atoms with E-state index in [-0.39, 0.29) is 11.7 Å². The van der Waals surface area contributed by atoms with Crippen molar-refractivity contribution in [2.75, 3.05) is 11.5 Å². The first-order valence-corrected chi connectivity index (χ1v) is 11.5. The molecule has 0 aromatic heterocycles. The Bertz CT molecular complexity index is 1260. The van der Waals surface area contributed by atoms with E-state index in [1.165, 1.54) is 29.2 Å². The number of anilines is 1. The van der Waals surface area contributed by atoms with Gasteiger partial charge in [-0.25, -0.2) is 4.79 Å². The maximum atomic E-state index is 13.0. The Labute approximate surface area is 203 Å².